The van der Waals surface area contributed by atoms with Gasteiger partial charge in [0.05, 0.1) is 14.2 Å². The van der Waals surface area contributed by atoms with Gasteiger partial charge in [0.2, 0.25) is 0 Å². The van der Waals surface area contributed by atoms with Gasteiger partial charge in [-0.15, -0.1) is 0 Å². The number of carbonyl (C=O) groups excluding carboxylic acids is 1. The summed E-state index contributed by atoms with van der Waals surface area (Å²) in [6.45, 7) is 5.59. The van der Waals surface area contributed by atoms with E-state index < -0.39 is 11.2 Å². The van der Waals surface area contributed by atoms with Gasteiger partial charge in [-0.05, 0) is 75.1 Å². The number of hydrogen-bond acceptors (Lipinski definition) is 6. The minimum Gasteiger partial charge on any atom is -0.497 e. The number of esters is 1. The van der Waals surface area contributed by atoms with E-state index in [1.807, 2.05) is 75.4 Å². The van der Waals surface area contributed by atoms with Crippen molar-refractivity contribution in [3.05, 3.63) is 82.9 Å². The molecule has 35 heavy (non-hydrogen) atoms. The van der Waals surface area contributed by atoms with Crippen LogP contribution in [0.15, 0.2) is 60.7 Å². The van der Waals surface area contributed by atoms with Crippen LogP contribution in [0.2, 0.25) is 0 Å². The van der Waals surface area contributed by atoms with E-state index in [1.54, 1.807) is 20.3 Å². The van der Waals surface area contributed by atoms with Crippen LogP contribution in [-0.2, 0) is 21.6 Å². The fourth-order valence-electron chi connectivity index (χ4n) is 4.35. The number of carbonyl (C=O) groups is 1. The number of hydrogen-bond donors (Lipinski definition) is 1. The Morgan fingerprint density at radius 3 is 2.11 bits per heavy atom. The summed E-state index contributed by atoms with van der Waals surface area (Å²) >= 11 is 0. The molecule has 1 unspecified atom stereocenters. The minimum atomic E-state index is -1.42. The smallest absolute Gasteiger partial charge is 0.306 e. The van der Waals surface area contributed by atoms with Crippen LogP contribution in [0.4, 0.5) is 0 Å². The van der Waals surface area contributed by atoms with Crippen LogP contribution in [0, 0.1) is 0 Å². The van der Waals surface area contributed by atoms with E-state index in [2.05, 4.69) is 0 Å². The molecule has 6 heteroatoms. The molecular formula is C29H32O6. The van der Waals surface area contributed by atoms with Crippen molar-refractivity contribution in [1.29, 1.82) is 0 Å². The molecule has 1 aliphatic heterocycles. The Bertz CT molecular complexity index is 1210. The van der Waals surface area contributed by atoms with Crippen molar-refractivity contribution >= 4 is 5.97 Å². The maximum atomic E-state index is 12.2. The van der Waals surface area contributed by atoms with Gasteiger partial charge in [0.15, 0.2) is 0 Å². The van der Waals surface area contributed by atoms with Crippen LogP contribution in [0.5, 0.6) is 23.0 Å². The second-order valence-electron chi connectivity index (χ2n) is 9.67. The fourth-order valence-corrected chi connectivity index (χ4v) is 4.35. The van der Waals surface area contributed by atoms with Crippen LogP contribution < -0.4 is 14.2 Å². The van der Waals surface area contributed by atoms with Crippen LogP contribution in [0.3, 0.4) is 0 Å². The Hall–Kier alpha value is -3.51. The van der Waals surface area contributed by atoms with Crippen molar-refractivity contribution in [2.75, 3.05) is 14.2 Å². The normalized spacial score (nSPS) is 16.5. The quantitative estimate of drug-likeness (QED) is 0.437. The summed E-state index contributed by atoms with van der Waals surface area (Å²) in [4.78, 5) is 12.1. The molecule has 0 saturated heterocycles. The molecule has 1 atom stereocenters. The molecule has 1 aliphatic rings. The van der Waals surface area contributed by atoms with E-state index in [0.717, 1.165) is 5.56 Å². The molecule has 0 amide bonds. The third-order valence-corrected chi connectivity index (χ3v) is 6.01. The van der Waals surface area contributed by atoms with Gasteiger partial charge in [0.25, 0.3) is 0 Å². The molecular weight excluding hydrogens is 444 g/mol. The molecule has 184 valence electrons. The first kappa shape index (κ1) is 24.6. The Morgan fingerprint density at radius 1 is 0.886 bits per heavy atom. The third kappa shape index (κ3) is 5.13. The second kappa shape index (κ2) is 9.62. The lowest BCUT2D eigenvalue weighted by atomic mass is 9.77. The van der Waals surface area contributed by atoms with E-state index in [9.17, 15) is 9.90 Å². The monoisotopic (exact) mass is 476 g/mol. The first-order chi connectivity index (χ1) is 16.6. The summed E-state index contributed by atoms with van der Waals surface area (Å²) in [6, 6.07) is 18.6. The van der Waals surface area contributed by atoms with Crippen LogP contribution in [0.1, 0.15) is 55.9 Å². The van der Waals surface area contributed by atoms with Gasteiger partial charge in [-0.1, -0.05) is 24.3 Å². The molecule has 0 saturated carbocycles. The molecule has 0 fully saturated rings. The first-order valence-electron chi connectivity index (χ1n) is 11.7. The average Bonchev–Trinajstić information content (AvgIpc) is 2.82. The standard InChI is InChI=1S/C29H32O6/c1-28(2,3)35-27(30)8-6-7-19-9-15-23-25(17-19)34-26-18-22(33-5)14-16-24(26)29(23,31)20-10-12-21(32-4)13-11-20/h9-18,31H,6-8H2,1-5H3. The lowest BCUT2D eigenvalue weighted by Gasteiger charge is -2.37. The molecule has 3 aromatic rings. The highest BCUT2D eigenvalue weighted by atomic mass is 16.6. The highest BCUT2D eigenvalue weighted by Crippen LogP contribution is 2.51. The molecule has 0 radical (unpaired) electrons. The van der Waals surface area contributed by atoms with Gasteiger partial charge in [0, 0.05) is 23.6 Å². The Balaban J connectivity index is 1.66. The van der Waals surface area contributed by atoms with Crippen LogP contribution in [0.25, 0.3) is 0 Å². The van der Waals surface area contributed by atoms with E-state index in [0.29, 0.717) is 59.0 Å². The summed E-state index contributed by atoms with van der Waals surface area (Å²) in [7, 11) is 3.20. The van der Waals surface area contributed by atoms with Gasteiger partial charge >= 0.3 is 5.97 Å². The lowest BCUT2D eigenvalue weighted by Crippen LogP contribution is -2.32. The second-order valence-corrected chi connectivity index (χ2v) is 9.67. The van der Waals surface area contributed by atoms with E-state index in [1.165, 1.54) is 0 Å². The van der Waals surface area contributed by atoms with Crippen molar-refractivity contribution in [2.45, 2.75) is 51.2 Å². The molecule has 3 aromatic carbocycles. The van der Waals surface area contributed by atoms with Gasteiger partial charge in [-0.25, -0.2) is 0 Å². The molecule has 0 bridgehead atoms. The van der Waals surface area contributed by atoms with Gasteiger partial charge in [-0.2, -0.15) is 0 Å². The number of rotatable bonds is 7. The number of benzene rings is 3. The summed E-state index contributed by atoms with van der Waals surface area (Å²) in [5.74, 6) is 2.24. The minimum absolute atomic E-state index is 0.207. The Labute approximate surface area is 206 Å². The van der Waals surface area contributed by atoms with Gasteiger partial charge in [-0.3, -0.25) is 4.79 Å². The number of ether oxygens (including phenoxy) is 4. The summed E-state index contributed by atoms with van der Waals surface area (Å²) < 4.78 is 22.3. The molecule has 4 rings (SSSR count). The number of aryl methyl sites for hydroxylation is 1. The fraction of sp³-hybridized carbons (Fsp3) is 0.345. The van der Waals surface area contributed by atoms with Crippen molar-refractivity contribution < 1.29 is 28.8 Å². The zero-order valence-electron chi connectivity index (χ0n) is 20.9. The van der Waals surface area contributed by atoms with Gasteiger partial charge < -0.3 is 24.1 Å². The van der Waals surface area contributed by atoms with Crippen LogP contribution in [-0.4, -0.2) is 30.9 Å². The third-order valence-electron chi connectivity index (χ3n) is 6.01. The van der Waals surface area contributed by atoms with Crippen molar-refractivity contribution in [3.8, 4) is 23.0 Å². The molecule has 0 aromatic heterocycles. The number of aliphatic hydroxyl groups is 1. The molecule has 1 heterocycles. The highest BCUT2D eigenvalue weighted by Gasteiger charge is 2.42. The highest BCUT2D eigenvalue weighted by molar-refractivity contribution is 5.70. The van der Waals surface area contributed by atoms with Crippen LogP contribution >= 0.6 is 0 Å². The Kier molecular flexibility index (Phi) is 6.77. The summed E-state index contributed by atoms with van der Waals surface area (Å²) in [5, 5.41) is 12.2. The SMILES string of the molecule is COc1ccc(C2(O)c3ccc(CCCC(=O)OC(C)(C)C)cc3Oc3cc(OC)ccc32)cc1. The molecule has 6 nitrogen and oxygen atoms in total. The predicted molar refractivity (Wildman–Crippen MR) is 133 cm³/mol. The number of methoxy groups -OCH3 is 2. The topological polar surface area (TPSA) is 74.2 Å². The van der Waals surface area contributed by atoms with Crippen molar-refractivity contribution in [2.24, 2.45) is 0 Å². The maximum Gasteiger partial charge on any atom is 0.306 e. The zero-order valence-corrected chi connectivity index (χ0v) is 20.9. The summed E-state index contributed by atoms with van der Waals surface area (Å²) in [5.41, 5.74) is 1.08. The maximum absolute atomic E-state index is 12.2. The number of fused-ring (bicyclic) bond motifs is 2. The van der Waals surface area contributed by atoms with Crippen molar-refractivity contribution in [3.63, 3.8) is 0 Å². The average molecular weight is 477 g/mol. The molecule has 0 aliphatic carbocycles. The predicted octanol–water partition coefficient (Wildman–Crippen LogP) is 5.76. The summed E-state index contributed by atoms with van der Waals surface area (Å²) in [6.07, 6.45) is 1.67. The molecule has 0 spiro atoms. The lowest BCUT2D eigenvalue weighted by molar-refractivity contribution is -0.154. The largest absolute Gasteiger partial charge is 0.497 e. The van der Waals surface area contributed by atoms with E-state index >= 15 is 0 Å². The Morgan fingerprint density at radius 2 is 1.49 bits per heavy atom. The van der Waals surface area contributed by atoms with Crippen molar-refractivity contribution in [1.82, 2.24) is 0 Å². The van der Waals surface area contributed by atoms with E-state index in [4.69, 9.17) is 18.9 Å². The molecule has 1 N–H and O–H groups in total. The van der Waals surface area contributed by atoms with E-state index in [-0.39, 0.29) is 5.97 Å². The van der Waals surface area contributed by atoms with Gasteiger partial charge in [0.1, 0.15) is 34.2 Å². The first-order valence-corrected chi connectivity index (χ1v) is 11.7. The zero-order chi connectivity index (χ0) is 25.2.